The lowest BCUT2D eigenvalue weighted by Crippen LogP contribution is -2.39. The van der Waals surface area contributed by atoms with Gasteiger partial charge < -0.3 is 5.32 Å². The van der Waals surface area contributed by atoms with Crippen molar-refractivity contribution in [1.82, 2.24) is 19.4 Å². The van der Waals surface area contributed by atoms with Gasteiger partial charge in [0.1, 0.15) is 0 Å². The highest BCUT2D eigenvalue weighted by molar-refractivity contribution is 7.89. The number of nitro benzene ring substituents is 1. The Kier molecular flexibility index (Phi) is 4.25. The summed E-state index contributed by atoms with van der Waals surface area (Å²) in [6.45, 7) is 2.24. The van der Waals surface area contributed by atoms with Crippen LogP contribution in [-0.4, -0.2) is 40.5 Å². The monoisotopic (exact) mass is 377 g/mol. The average molecular weight is 377 g/mol. The third-order valence-electron chi connectivity index (χ3n) is 5.04. The molecule has 0 aliphatic carbocycles. The average Bonchev–Trinajstić information content (AvgIpc) is 3.25. The zero-order chi connectivity index (χ0) is 18.3. The number of aromatic nitrogens is 2. The van der Waals surface area contributed by atoms with Crippen LogP contribution < -0.4 is 5.32 Å². The van der Waals surface area contributed by atoms with E-state index in [4.69, 9.17) is 0 Å². The molecule has 26 heavy (non-hydrogen) atoms. The minimum atomic E-state index is -3.89. The van der Waals surface area contributed by atoms with Crippen LogP contribution in [0.15, 0.2) is 35.4 Å². The van der Waals surface area contributed by atoms with Gasteiger partial charge >= 0.3 is 0 Å². The predicted octanol–water partition coefficient (Wildman–Crippen LogP) is 1.42. The number of nitrogens with one attached hydrogen (secondary N) is 1. The maximum atomic E-state index is 12.9. The molecule has 0 amide bonds. The molecule has 0 radical (unpaired) electrons. The SMILES string of the molecule is O=[N+]([O-])c1ccccc1S(=O)(=O)N1CCC(n2ncc3c2CNC3)CC1. The van der Waals surface area contributed by atoms with E-state index in [1.165, 1.54) is 39.8 Å². The molecule has 4 rings (SSSR count). The second-order valence-electron chi connectivity index (χ2n) is 6.52. The Morgan fingerprint density at radius 3 is 2.65 bits per heavy atom. The number of sulfonamides is 1. The van der Waals surface area contributed by atoms with Crippen LogP contribution in [0, 0.1) is 10.1 Å². The number of rotatable bonds is 4. The van der Waals surface area contributed by atoms with Crippen LogP contribution in [0.2, 0.25) is 0 Å². The molecule has 2 aliphatic heterocycles. The Hall–Kier alpha value is -2.30. The van der Waals surface area contributed by atoms with Crippen molar-refractivity contribution in [3.05, 3.63) is 51.8 Å². The molecule has 0 spiro atoms. The topological polar surface area (TPSA) is 110 Å². The first-order valence-corrected chi connectivity index (χ1v) is 9.92. The first-order chi connectivity index (χ1) is 12.5. The molecule has 1 saturated heterocycles. The predicted molar refractivity (Wildman–Crippen MR) is 92.9 cm³/mol. The van der Waals surface area contributed by atoms with E-state index in [0.717, 1.165) is 13.1 Å². The summed E-state index contributed by atoms with van der Waals surface area (Å²) >= 11 is 0. The molecule has 138 valence electrons. The van der Waals surface area contributed by atoms with Gasteiger partial charge in [0.15, 0.2) is 4.90 Å². The summed E-state index contributed by atoms with van der Waals surface area (Å²) in [5.41, 5.74) is 1.98. The minimum Gasteiger partial charge on any atom is -0.307 e. The van der Waals surface area contributed by atoms with Gasteiger partial charge in [-0.1, -0.05) is 12.1 Å². The Balaban J connectivity index is 1.53. The van der Waals surface area contributed by atoms with Gasteiger partial charge in [-0.15, -0.1) is 0 Å². The molecule has 1 aromatic carbocycles. The molecule has 10 heteroatoms. The number of hydrogen-bond donors (Lipinski definition) is 1. The normalized spacial score (nSPS) is 18.8. The van der Waals surface area contributed by atoms with Crippen molar-refractivity contribution in [3.63, 3.8) is 0 Å². The Morgan fingerprint density at radius 2 is 1.92 bits per heavy atom. The number of fused-ring (bicyclic) bond motifs is 1. The highest BCUT2D eigenvalue weighted by Gasteiger charge is 2.35. The third kappa shape index (κ3) is 2.79. The number of nitrogens with zero attached hydrogens (tertiary/aromatic N) is 4. The largest absolute Gasteiger partial charge is 0.307 e. The Morgan fingerprint density at radius 1 is 1.19 bits per heavy atom. The zero-order valence-corrected chi connectivity index (χ0v) is 14.9. The molecule has 2 aromatic rings. The number of benzene rings is 1. The molecule has 1 fully saturated rings. The smallest absolute Gasteiger partial charge is 0.289 e. The first-order valence-electron chi connectivity index (χ1n) is 8.48. The summed E-state index contributed by atoms with van der Waals surface area (Å²) < 4.78 is 29.1. The van der Waals surface area contributed by atoms with Gasteiger partial charge in [-0.25, -0.2) is 8.42 Å². The van der Waals surface area contributed by atoms with Gasteiger partial charge in [0, 0.05) is 37.8 Å². The molecule has 0 atom stereocenters. The molecule has 0 saturated carbocycles. The molecule has 1 N–H and O–H groups in total. The number of hydrogen-bond acceptors (Lipinski definition) is 6. The van der Waals surface area contributed by atoms with E-state index >= 15 is 0 Å². The van der Waals surface area contributed by atoms with Crippen molar-refractivity contribution in [3.8, 4) is 0 Å². The van der Waals surface area contributed by atoms with E-state index < -0.39 is 14.9 Å². The second-order valence-corrected chi connectivity index (χ2v) is 8.43. The zero-order valence-electron chi connectivity index (χ0n) is 14.0. The van der Waals surface area contributed by atoms with E-state index in [0.29, 0.717) is 25.9 Å². The van der Waals surface area contributed by atoms with Crippen LogP contribution in [0.3, 0.4) is 0 Å². The lowest BCUT2D eigenvalue weighted by Gasteiger charge is -2.31. The first kappa shape index (κ1) is 17.1. The van der Waals surface area contributed by atoms with Crippen molar-refractivity contribution in [2.75, 3.05) is 13.1 Å². The van der Waals surface area contributed by atoms with Crippen LogP contribution >= 0.6 is 0 Å². The van der Waals surface area contributed by atoms with Gasteiger partial charge in [-0.2, -0.15) is 9.40 Å². The quantitative estimate of drug-likeness (QED) is 0.637. The fraction of sp³-hybridized carbons (Fsp3) is 0.438. The molecule has 2 aliphatic rings. The number of piperidine rings is 1. The van der Waals surface area contributed by atoms with Gasteiger partial charge in [0.25, 0.3) is 5.69 Å². The lowest BCUT2D eigenvalue weighted by molar-refractivity contribution is -0.387. The molecule has 0 unspecified atom stereocenters. The maximum Gasteiger partial charge on any atom is 0.289 e. The van der Waals surface area contributed by atoms with Crippen molar-refractivity contribution >= 4 is 15.7 Å². The Labute approximate surface area is 150 Å². The summed E-state index contributed by atoms with van der Waals surface area (Å²) in [6, 6.07) is 5.64. The highest BCUT2D eigenvalue weighted by atomic mass is 32.2. The molecule has 0 bridgehead atoms. The fourth-order valence-corrected chi connectivity index (χ4v) is 5.32. The summed E-state index contributed by atoms with van der Waals surface area (Å²) in [7, 11) is -3.89. The van der Waals surface area contributed by atoms with Crippen molar-refractivity contribution in [1.29, 1.82) is 0 Å². The van der Waals surface area contributed by atoms with Crippen LogP contribution in [0.25, 0.3) is 0 Å². The highest BCUT2D eigenvalue weighted by Crippen LogP contribution is 2.32. The molecule has 1 aromatic heterocycles. The minimum absolute atomic E-state index is 0.149. The number of para-hydroxylation sites is 1. The van der Waals surface area contributed by atoms with E-state index in [1.807, 2.05) is 10.9 Å². The van der Waals surface area contributed by atoms with Crippen LogP contribution in [0.4, 0.5) is 5.69 Å². The van der Waals surface area contributed by atoms with E-state index in [1.54, 1.807) is 0 Å². The van der Waals surface area contributed by atoms with Crippen molar-refractivity contribution in [2.24, 2.45) is 0 Å². The van der Waals surface area contributed by atoms with Gasteiger partial charge in [0.05, 0.1) is 22.9 Å². The molecular formula is C16H19N5O4S. The van der Waals surface area contributed by atoms with Crippen LogP contribution in [0.5, 0.6) is 0 Å². The van der Waals surface area contributed by atoms with Gasteiger partial charge in [0.2, 0.25) is 10.0 Å². The molecule has 9 nitrogen and oxygen atoms in total. The second kappa shape index (κ2) is 6.45. The summed E-state index contributed by atoms with van der Waals surface area (Å²) in [4.78, 5) is 10.3. The summed E-state index contributed by atoms with van der Waals surface area (Å²) in [5.74, 6) is 0. The van der Waals surface area contributed by atoms with Crippen LogP contribution in [-0.2, 0) is 23.1 Å². The molecule has 3 heterocycles. The summed E-state index contributed by atoms with van der Waals surface area (Å²) in [5, 5.41) is 18.9. The van der Waals surface area contributed by atoms with E-state index in [9.17, 15) is 18.5 Å². The third-order valence-corrected chi connectivity index (χ3v) is 6.99. The molecular weight excluding hydrogens is 358 g/mol. The maximum absolute atomic E-state index is 12.9. The van der Waals surface area contributed by atoms with Crippen molar-refractivity contribution < 1.29 is 13.3 Å². The van der Waals surface area contributed by atoms with Crippen molar-refractivity contribution in [2.45, 2.75) is 36.9 Å². The number of nitro groups is 1. The van der Waals surface area contributed by atoms with Gasteiger partial charge in [-0.05, 0) is 18.9 Å². The van der Waals surface area contributed by atoms with E-state index in [-0.39, 0.29) is 16.6 Å². The summed E-state index contributed by atoms with van der Waals surface area (Å²) in [6.07, 6.45) is 3.13. The van der Waals surface area contributed by atoms with E-state index in [2.05, 4.69) is 10.4 Å². The Bertz CT molecular complexity index is 947. The lowest BCUT2D eigenvalue weighted by atomic mass is 10.1. The van der Waals surface area contributed by atoms with Crippen LogP contribution in [0.1, 0.15) is 30.1 Å². The standard InChI is InChI=1S/C16H19N5O4S/c22-21(23)14-3-1-2-4-16(14)26(24,25)19-7-5-13(6-8-19)20-15-11-17-9-12(15)10-18-20/h1-4,10,13,17H,5-9,11H2. The van der Waals surface area contributed by atoms with Gasteiger partial charge in [-0.3, -0.25) is 14.8 Å². The fourth-order valence-electron chi connectivity index (χ4n) is 3.69.